The molecule has 2 heterocycles. The fourth-order valence-corrected chi connectivity index (χ4v) is 1.76. The van der Waals surface area contributed by atoms with Crippen molar-refractivity contribution in [2.45, 2.75) is 25.7 Å². The van der Waals surface area contributed by atoms with Gasteiger partial charge >= 0.3 is 0 Å². The van der Waals surface area contributed by atoms with Crippen LogP contribution in [0.1, 0.15) is 25.7 Å². The van der Waals surface area contributed by atoms with Crippen LogP contribution in [-0.2, 0) is 0 Å². The van der Waals surface area contributed by atoms with Crippen molar-refractivity contribution in [1.29, 1.82) is 0 Å². The van der Waals surface area contributed by atoms with Crippen LogP contribution in [0.2, 0.25) is 0 Å². The van der Waals surface area contributed by atoms with Crippen LogP contribution in [0.15, 0.2) is 4.99 Å². The minimum absolute atomic E-state index is 0. The van der Waals surface area contributed by atoms with Gasteiger partial charge in [0, 0.05) is 26.1 Å². The van der Waals surface area contributed by atoms with Crippen molar-refractivity contribution < 1.29 is 0 Å². The SMILES string of the molecule is C1CCN2CCCN=C2C1.Cl. The maximum atomic E-state index is 4.49. The molecular weight excluding hydrogens is 160 g/mol. The number of aliphatic imine (C=N–C) groups is 1. The zero-order chi connectivity index (χ0) is 6.81. The summed E-state index contributed by atoms with van der Waals surface area (Å²) in [4.78, 5) is 6.95. The highest BCUT2D eigenvalue weighted by molar-refractivity contribution is 5.85. The largest absolute Gasteiger partial charge is 0.360 e. The van der Waals surface area contributed by atoms with Crippen LogP contribution in [0.25, 0.3) is 0 Å². The molecule has 0 unspecified atom stereocenters. The molecule has 2 aliphatic rings. The monoisotopic (exact) mass is 174 g/mol. The quantitative estimate of drug-likeness (QED) is 0.546. The summed E-state index contributed by atoms with van der Waals surface area (Å²) in [7, 11) is 0. The van der Waals surface area contributed by atoms with Crippen LogP contribution in [0.3, 0.4) is 0 Å². The van der Waals surface area contributed by atoms with Gasteiger partial charge in [0.1, 0.15) is 0 Å². The molecule has 2 rings (SSSR count). The second-order valence-corrected chi connectivity index (χ2v) is 3.10. The molecular formula is C8H15ClN2. The van der Waals surface area contributed by atoms with Crippen LogP contribution in [0.4, 0.5) is 0 Å². The van der Waals surface area contributed by atoms with Gasteiger partial charge in [-0.25, -0.2) is 0 Å². The van der Waals surface area contributed by atoms with Crippen molar-refractivity contribution in [2.75, 3.05) is 19.6 Å². The van der Waals surface area contributed by atoms with E-state index in [1.54, 1.807) is 0 Å². The van der Waals surface area contributed by atoms with E-state index in [2.05, 4.69) is 9.89 Å². The molecule has 0 aromatic carbocycles. The van der Waals surface area contributed by atoms with Crippen molar-refractivity contribution in [3.05, 3.63) is 0 Å². The summed E-state index contributed by atoms with van der Waals surface area (Å²) < 4.78 is 0. The van der Waals surface area contributed by atoms with Gasteiger partial charge in [-0.1, -0.05) is 0 Å². The summed E-state index contributed by atoms with van der Waals surface area (Å²) >= 11 is 0. The number of hydrogen-bond donors (Lipinski definition) is 0. The molecule has 2 nitrogen and oxygen atoms in total. The summed E-state index contributed by atoms with van der Waals surface area (Å²) in [6.45, 7) is 3.60. The van der Waals surface area contributed by atoms with Gasteiger partial charge in [0.25, 0.3) is 0 Å². The van der Waals surface area contributed by atoms with Gasteiger partial charge in [-0.3, -0.25) is 4.99 Å². The van der Waals surface area contributed by atoms with E-state index < -0.39 is 0 Å². The smallest absolute Gasteiger partial charge is 0.0988 e. The van der Waals surface area contributed by atoms with Crippen molar-refractivity contribution in [3.8, 4) is 0 Å². The molecule has 1 fully saturated rings. The van der Waals surface area contributed by atoms with E-state index in [0.29, 0.717) is 0 Å². The lowest BCUT2D eigenvalue weighted by Gasteiger charge is -2.32. The maximum absolute atomic E-state index is 4.49. The maximum Gasteiger partial charge on any atom is 0.0988 e. The first kappa shape index (κ1) is 8.85. The zero-order valence-electron chi connectivity index (χ0n) is 6.75. The molecule has 0 radical (unpaired) electrons. The lowest BCUT2D eigenvalue weighted by molar-refractivity contribution is 0.350. The first-order valence-electron chi connectivity index (χ1n) is 4.25. The van der Waals surface area contributed by atoms with Gasteiger partial charge in [-0.2, -0.15) is 0 Å². The molecule has 0 aromatic rings. The third kappa shape index (κ3) is 1.86. The number of rotatable bonds is 0. The van der Waals surface area contributed by atoms with E-state index in [1.807, 2.05) is 0 Å². The normalized spacial score (nSPS) is 23.3. The molecule has 0 saturated carbocycles. The topological polar surface area (TPSA) is 15.6 Å². The highest BCUT2D eigenvalue weighted by Gasteiger charge is 2.17. The standard InChI is InChI=1S/C8H14N2.ClH/c1-2-6-10-7-3-5-9-8(10)4-1;/h1-7H2;1H. The summed E-state index contributed by atoms with van der Waals surface area (Å²) in [6, 6.07) is 0. The zero-order valence-corrected chi connectivity index (χ0v) is 7.57. The number of fused-ring (bicyclic) bond motifs is 1. The molecule has 0 N–H and O–H groups in total. The molecule has 0 bridgehead atoms. The predicted molar refractivity (Wildman–Crippen MR) is 49.6 cm³/mol. The van der Waals surface area contributed by atoms with E-state index in [1.165, 1.54) is 44.6 Å². The van der Waals surface area contributed by atoms with E-state index >= 15 is 0 Å². The Hall–Kier alpha value is -0.240. The van der Waals surface area contributed by atoms with E-state index in [-0.39, 0.29) is 12.4 Å². The van der Waals surface area contributed by atoms with Crippen molar-refractivity contribution in [1.82, 2.24) is 4.90 Å². The highest BCUT2D eigenvalue weighted by atomic mass is 35.5. The number of piperidine rings is 1. The van der Waals surface area contributed by atoms with E-state index in [9.17, 15) is 0 Å². The molecule has 2 aliphatic heterocycles. The third-order valence-electron chi connectivity index (χ3n) is 2.32. The Morgan fingerprint density at radius 3 is 2.73 bits per heavy atom. The fraction of sp³-hybridized carbons (Fsp3) is 0.875. The van der Waals surface area contributed by atoms with Crippen LogP contribution in [-0.4, -0.2) is 30.4 Å². The summed E-state index contributed by atoms with van der Waals surface area (Å²) in [5.41, 5.74) is 0. The van der Waals surface area contributed by atoms with Gasteiger partial charge in [0.2, 0.25) is 0 Å². The first-order chi connectivity index (χ1) is 4.97. The molecule has 1 saturated heterocycles. The fourth-order valence-electron chi connectivity index (χ4n) is 1.76. The van der Waals surface area contributed by atoms with Crippen molar-refractivity contribution >= 4 is 18.2 Å². The minimum atomic E-state index is 0. The van der Waals surface area contributed by atoms with Crippen molar-refractivity contribution in [2.24, 2.45) is 4.99 Å². The second-order valence-electron chi connectivity index (χ2n) is 3.10. The first-order valence-corrected chi connectivity index (χ1v) is 4.25. The lowest BCUT2D eigenvalue weighted by atomic mass is 10.1. The Balaban J connectivity index is 0.000000605. The molecule has 0 atom stereocenters. The predicted octanol–water partition coefficient (Wildman–Crippen LogP) is 1.70. The third-order valence-corrected chi connectivity index (χ3v) is 2.32. The van der Waals surface area contributed by atoms with E-state index in [0.717, 1.165) is 6.54 Å². The summed E-state index contributed by atoms with van der Waals surface area (Å²) in [6.07, 6.45) is 5.23. The van der Waals surface area contributed by atoms with Crippen LogP contribution < -0.4 is 0 Å². The second kappa shape index (κ2) is 3.96. The summed E-state index contributed by atoms with van der Waals surface area (Å²) in [5, 5.41) is 0. The molecule has 64 valence electrons. The molecule has 3 heteroatoms. The van der Waals surface area contributed by atoms with Crippen LogP contribution >= 0.6 is 12.4 Å². The average Bonchev–Trinajstić information content (AvgIpc) is 2.05. The summed E-state index contributed by atoms with van der Waals surface area (Å²) in [5.74, 6) is 1.39. The molecule has 0 aromatic heterocycles. The van der Waals surface area contributed by atoms with Crippen LogP contribution in [0.5, 0.6) is 0 Å². The van der Waals surface area contributed by atoms with Gasteiger partial charge in [0.15, 0.2) is 0 Å². The molecule has 11 heavy (non-hydrogen) atoms. The van der Waals surface area contributed by atoms with Crippen LogP contribution in [0, 0.1) is 0 Å². The van der Waals surface area contributed by atoms with Gasteiger partial charge in [-0.05, 0) is 19.3 Å². The van der Waals surface area contributed by atoms with Crippen molar-refractivity contribution in [3.63, 3.8) is 0 Å². The molecule has 0 amide bonds. The van der Waals surface area contributed by atoms with E-state index in [4.69, 9.17) is 0 Å². The molecule has 0 aliphatic carbocycles. The van der Waals surface area contributed by atoms with Gasteiger partial charge < -0.3 is 4.90 Å². The number of hydrogen-bond acceptors (Lipinski definition) is 2. The Morgan fingerprint density at radius 1 is 1.09 bits per heavy atom. The highest BCUT2D eigenvalue weighted by Crippen LogP contribution is 2.15. The Labute approximate surface area is 74.1 Å². The Bertz CT molecular complexity index is 156. The Morgan fingerprint density at radius 2 is 1.91 bits per heavy atom. The lowest BCUT2D eigenvalue weighted by Crippen LogP contribution is -2.39. The van der Waals surface area contributed by atoms with Gasteiger partial charge in [-0.15, -0.1) is 12.4 Å². The average molecular weight is 175 g/mol. The molecule has 0 spiro atoms. The number of amidine groups is 1. The number of halogens is 1. The number of nitrogens with zero attached hydrogens (tertiary/aromatic N) is 2. The minimum Gasteiger partial charge on any atom is -0.360 e. The van der Waals surface area contributed by atoms with Gasteiger partial charge in [0.05, 0.1) is 5.84 Å². The Kier molecular flexibility index (Phi) is 3.18.